The van der Waals surface area contributed by atoms with E-state index in [4.69, 9.17) is 4.74 Å². The molecule has 38 heavy (non-hydrogen) atoms. The lowest BCUT2D eigenvalue weighted by molar-refractivity contribution is -0.151. The lowest BCUT2D eigenvalue weighted by atomic mass is 9.97. The van der Waals surface area contributed by atoms with Crippen LogP contribution in [0.2, 0.25) is 0 Å². The van der Waals surface area contributed by atoms with Crippen LogP contribution in [-0.2, 0) is 14.3 Å². The van der Waals surface area contributed by atoms with Crippen molar-refractivity contribution in [2.24, 2.45) is 5.92 Å². The average Bonchev–Trinajstić information content (AvgIpc) is 2.91. The summed E-state index contributed by atoms with van der Waals surface area (Å²) < 4.78 is 4.91. The molecular weight excluding hydrogens is 472 g/mol. The van der Waals surface area contributed by atoms with Crippen molar-refractivity contribution in [2.75, 3.05) is 6.61 Å². The Kier molecular flexibility index (Phi) is 28.7. The van der Waals surface area contributed by atoms with Crippen molar-refractivity contribution in [3.8, 4) is 0 Å². The molecule has 1 atom stereocenters. The predicted molar refractivity (Wildman–Crippen MR) is 163 cm³/mol. The first-order valence-electron chi connectivity index (χ1n) is 16.3. The van der Waals surface area contributed by atoms with E-state index in [2.05, 4.69) is 25.7 Å². The number of hydrogen-bond acceptors (Lipinski definition) is 3. The molecule has 0 aliphatic heterocycles. The zero-order valence-corrected chi connectivity index (χ0v) is 25.1. The molecule has 0 aliphatic carbocycles. The normalized spacial score (nSPS) is 12.1. The summed E-state index contributed by atoms with van der Waals surface area (Å²) in [6.45, 7) is 5.92. The van der Waals surface area contributed by atoms with Gasteiger partial charge in [0.15, 0.2) is 0 Å². The fourth-order valence-corrected chi connectivity index (χ4v) is 4.95. The van der Waals surface area contributed by atoms with E-state index < -0.39 is 17.9 Å². The fraction of sp³-hybridized carbons (Fsp3) is 0.824. The quantitative estimate of drug-likeness (QED) is 0.0565. The number of carboxylic acids is 1. The number of allylic oxidation sites excluding steroid dienone is 2. The number of aliphatic carboxylic acids is 1. The van der Waals surface area contributed by atoms with Gasteiger partial charge < -0.3 is 9.84 Å². The molecule has 0 heterocycles. The maximum absolute atomic E-state index is 11.6. The minimum atomic E-state index is -0.905. The van der Waals surface area contributed by atoms with Crippen LogP contribution >= 0.6 is 0 Å². The zero-order valence-electron chi connectivity index (χ0n) is 25.1. The number of carbonyl (C=O) groups is 2. The second kappa shape index (κ2) is 30.0. The number of unbranched alkanes of at least 4 members (excludes halogenated alkanes) is 21. The molecule has 4 nitrogen and oxygen atoms in total. The Morgan fingerprint density at radius 2 is 1.05 bits per heavy atom. The monoisotopic (exact) mass is 534 g/mol. The molecule has 0 aliphatic rings. The molecular formula is C34H62O4. The van der Waals surface area contributed by atoms with Crippen LogP contribution in [0.5, 0.6) is 0 Å². The van der Waals surface area contributed by atoms with Gasteiger partial charge in [0.25, 0.3) is 0 Å². The number of hydrogen-bond donors (Lipinski definition) is 1. The number of rotatable bonds is 30. The van der Waals surface area contributed by atoms with Crippen molar-refractivity contribution in [3.63, 3.8) is 0 Å². The molecule has 0 aromatic carbocycles. The third-order valence-corrected chi connectivity index (χ3v) is 7.44. The molecule has 0 spiro atoms. The van der Waals surface area contributed by atoms with E-state index in [1.165, 1.54) is 134 Å². The summed E-state index contributed by atoms with van der Waals surface area (Å²) in [6, 6.07) is 0. The van der Waals surface area contributed by atoms with Gasteiger partial charge in [0.05, 0.1) is 12.3 Å². The van der Waals surface area contributed by atoms with Crippen LogP contribution in [-0.4, -0.2) is 23.7 Å². The Balaban J connectivity index is 3.36. The fourth-order valence-electron chi connectivity index (χ4n) is 4.95. The Morgan fingerprint density at radius 3 is 1.45 bits per heavy atom. The molecule has 222 valence electrons. The van der Waals surface area contributed by atoms with Crippen LogP contribution in [0, 0.1) is 5.92 Å². The third-order valence-electron chi connectivity index (χ3n) is 7.44. The van der Waals surface area contributed by atoms with E-state index in [1.807, 2.05) is 0 Å². The smallest absolute Gasteiger partial charge is 0.307 e. The Bertz CT molecular complexity index is 569. The molecule has 0 rings (SSSR count). The molecule has 0 saturated heterocycles. The van der Waals surface area contributed by atoms with Crippen LogP contribution in [0.15, 0.2) is 24.8 Å². The van der Waals surface area contributed by atoms with E-state index in [9.17, 15) is 14.7 Å². The molecule has 0 fully saturated rings. The van der Waals surface area contributed by atoms with Crippen LogP contribution in [0.1, 0.15) is 167 Å². The highest BCUT2D eigenvalue weighted by molar-refractivity contribution is 5.78. The van der Waals surface area contributed by atoms with Gasteiger partial charge in [0.2, 0.25) is 0 Å². The van der Waals surface area contributed by atoms with E-state index in [1.54, 1.807) is 0 Å². The van der Waals surface area contributed by atoms with Crippen molar-refractivity contribution < 1.29 is 19.4 Å². The van der Waals surface area contributed by atoms with Crippen LogP contribution in [0.3, 0.4) is 0 Å². The molecule has 0 radical (unpaired) electrons. The summed E-state index contributed by atoms with van der Waals surface area (Å²) in [5.41, 5.74) is 0. The highest BCUT2D eigenvalue weighted by atomic mass is 16.5. The molecule has 0 aromatic rings. The van der Waals surface area contributed by atoms with Crippen molar-refractivity contribution in [1.29, 1.82) is 0 Å². The third kappa shape index (κ3) is 27.5. The Morgan fingerprint density at radius 1 is 0.658 bits per heavy atom. The van der Waals surface area contributed by atoms with Gasteiger partial charge in [-0.15, -0.1) is 0 Å². The second-order valence-electron chi connectivity index (χ2n) is 11.1. The van der Waals surface area contributed by atoms with Crippen molar-refractivity contribution in [2.45, 2.75) is 167 Å². The van der Waals surface area contributed by atoms with Crippen molar-refractivity contribution in [3.05, 3.63) is 24.8 Å². The summed E-state index contributed by atoms with van der Waals surface area (Å²) in [6.07, 6.45) is 37.1. The first-order chi connectivity index (χ1) is 18.6. The highest BCUT2D eigenvalue weighted by Crippen LogP contribution is 2.17. The lowest BCUT2D eigenvalue weighted by Crippen LogP contribution is -2.19. The van der Waals surface area contributed by atoms with Gasteiger partial charge in [-0.25, -0.2) is 0 Å². The van der Waals surface area contributed by atoms with Gasteiger partial charge in [-0.05, 0) is 32.1 Å². The molecule has 1 unspecified atom stereocenters. The van der Waals surface area contributed by atoms with Crippen molar-refractivity contribution >= 4 is 11.9 Å². The Labute approximate surface area is 236 Å². The molecule has 0 bridgehead atoms. The average molecular weight is 535 g/mol. The largest absolute Gasteiger partial charge is 0.481 e. The van der Waals surface area contributed by atoms with Gasteiger partial charge in [-0.2, -0.15) is 0 Å². The van der Waals surface area contributed by atoms with E-state index >= 15 is 0 Å². The van der Waals surface area contributed by atoms with Gasteiger partial charge in [-0.3, -0.25) is 9.59 Å². The molecule has 0 aromatic heterocycles. The summed E-state index contributed by atoms with van der Waals surface area (Å²) in [5.74, 6) is -1.99. The first-order valence-corrected chi connectivity index (χ1v) is 16.3. The van der Waals surface area contributed by atoms with Gasteiger partial charge in [0.1, 0.15) is 6.61 Å². The first kappa shape index (κ1) is 36.4. The molecule has 1 N–H and O–H groups in total. The van der Waals surface area contributed by atoms with E-state index in [0.717, 1.165) is 19.3 Å². The maximum atomic E-state index is 11.6. The number of carboxylic acid groups (broad SMARTS) is 1. The van der Waals surface area contributed by atoms with Gasteiger partial charge >= 0.3 is 11.9 Å². The topological polar surface area (TPSA) is 63.6 Å². The summed E-state index contributed by atoms with van der Waals surface area (Å²) in [7, 11) is 0. The maximum Gasteiger partial charge on any atom is 0.307 e. The minimum absolute atomic E-state index is 0.0455. The predicted octanol–water partition coefficient (Wildman–Crippen LogP) is 10.7. The molecule has 0 amide bonds. The standard InChI is InChI=1S/C34H62O4/c1-3-5-6-7-8-9-10-11-12-13-14-15-16-17-18-19-20-21-22-23-24-25-26-27-28-29-32(34(36)37)31-33(35)38-30-4-2/h4,19-20,32H,2-3,5-18,21-31H2,1H3,(H,36,37)/b20-19+. The molecule has 4 heteroatoms. The van der Waals surface area contributed by atoms with Gasteiger partial charge in [-0.1, -0.05) is 154 Å². The zero-order chi connectivity index (χ0) is 27.9. The number of carbonyl (C=O) groups excluding carboxylic acids is 1. The second-order valence-corrected chi connectivity index (χ2v) is 11.1. The van der Waals surface area contributed by atoms with Crippen molar-refractivity contribution in [1.82, 2.24) is 0 Å². The highest BCUT2D eigenvalue weighted by Gasteiger charge is 2.21. The molecule has 0 saturated carbocycles. The lowest BCUT2D eigenvalue weighted by Gasteiger charge is -2.11. The van der Waals surface area contributed by atoms with Crippen LogP contribution in [0.4, 0.5) is 0 Å². The summed E-state index contributed by atoms with van der Waals surface area (Å²) >= 11 is 0. The number of esters is 1. The number of ether oxygens (including phenoxy) is 1. The SMILES string of the molecule is C=CCOC(=O)CC(CCCCCCCCC/C=C/CCCCCCCCCCCCCCCC)C(=O)O. The van der Waals surface area contributed by atoms with Gasteiger partial charge in [0, 0.05) is 0 Å². The van der Waals surface area contributed by atoms with Crippen LogP contribution in [0.25, 0.3) is 0 Å². The van der Waals surface area contributed by atoms with Crippen LogP contribution < -0.4 is 0 Å². The summed E-state index contributed by atoms with van der Waals surface area (Å²) in [5, 5.41) is 9.30. The minimum Gasteiger partial charge on any atom is -0.481 e. The van der Waals surface area contributed by atoms with E-state index in [-0.39, 0.29) is 13.0 Å². The van der Waals surface area contributed by atoms with E-state index in [0.29, 0.717) is 6.42 Å². The Hall–Kier alpha value is -1.58. The summed E-state index contributed by atoms with van der Waals surface area (Å²) in [4.78, 5) is 23.0.